The maximum absolute atomic E-state index is 12.2. The van der Waals surface area contributed by atoms with Gasteiger partial charge in [-0.3, -0.25) is 5.32 Å². The molecule has 3 N–H and O–H groups in total. The smallest absolute Gasteiger partial charge is 0.412 e. The first-order chi connectivity index (χ1) is 12.5. The van der Waals surface area contributed by atoms with Crippen LogP contribution in [0.25, 0.3) is 0 Å². The zero-order chi connectivity index (χ0) is 18.9. The molecule has 26 heavy (non-hydrogen) atoms. The molecule has 6 nitrogen and oxygen atoms in total. The Kier molecular flexibility index (Phi) is 7.11. The molecule has 0 aromatic heterocycles. The average Bonchev–Trinajstić information content (AvgIpc) is 2.62. The normalized spacial score (nSPS) is 11.9. The third-order valence-corrected chi connectivity index (χ3v) is 4.20. The van der Waals surface area contributed by atoms with E-state index in [0.717, 1.165) is 11.0 Å². The van der Waals surface area contributed by atoms with E-state index in [1.54, 1.807) is 36.0 Å². The third-order valence-electron chi connectivity index (χ3n) is 3.46. The summed E-state index contributed by atoms with van der Waals surface area (Å²) < 4.78 is 5.44. The molecule has 0 radical (unpaired) electrons. The van der Waals surface area contributed by atoms with Crippen molar-refractivity contribution in [2.24, 2.45) is 0 Å². The number of ether oxygens (including phenoxy) is 1. The Morgan fingerprint density at radius 3 is 2.38 bits per heavy atom. The summed E-state index contributed by atoms with van der Waals surface area (Å²) in [5.74, 6) is -0.986. The number of carbonyl (C=O) groups is 2. The third kappa shape index (κ3) is 6.18. The number of phenolic OH excluding ortho intramolecular Hbond substituents is 1. The van der Waals surface area contributed by atoms with Crippen molar-refractivity contribution in [3.8, 4) is 5.75 Å². The highest BCUT2D eigenvalue weighted by Crippen LogP contribution is 2.25. The van der Waals surface area contributed by atoms with Gasteiger partial charge in [-0.1, -0.05) is 18.2 Å². The number of carboxylic acids is 1. The molecular weight excluding hydrogens is 354 g/mol. The van der Waals surface area contributed by atoms with Crippen LogP contribution in [0, 0.1) is 0 Å². The van der Waals surface area contributed by atoms with Crippen molar-refractivity contribution in [2.75, 3.05) is 11.6 Å². The van der Waals surface area contributed by atoms with E-state index in [4.69, 9.17) is 9.84 Å². The van der Waals surface area contributed by atoms with Gasteiger partial charge in [0.15, 0.2) is 0 Å². The van der Waals surface area contributed by atoms with Gasteiger partial charge in [0.25, 0.3) is 0 Å². The standard InChI is InChI=1S/C19H19NO5S/c1-26-16-11-7-14(8-12-16)20-19(24)25-17(3-2-4-18(22)23)13-5-9-15(21)10-6-13/h2,4-12,17,21H,3H2,1H3,(H,20,24)(H,22,23)/b4-2+/t17-/m0/s1. The summed E-state index contributed by atoms with van der Waals surface area (Å²) in [6, 6.07) is 13.5. The molecule has 2 aromatic rings. The van der Waals surface area contributed by atoms with Crippen LogP contribution in [0.4, 0.5) is 10.5 Å². The van der Waals surface area contributed by atoms with Gasteiger partial charge < -0.3 is 14.9 Å². The number of carbonyl (C=O) groups excluding carboxylic acids is 1. The minimum Gasteiger partial charge on any atom is -0.508 e. The predicted octanol–water partition coefficient (Wildman–Crippen LogP) is 4.43. The van der Waals surface area contributed by atoms with Crippen molar-refractivity contribution >= 4 is 29.5 Å². The zero-order valence-corrected chi connectivity index (χ0v) is 14.9. The first-order valence-electron chi connectivity index (χ1n) is 7.78. The number of rotatable bonds is 7. The summed E-state index contributed by atoms with van der Waals surface area (Å²) in [5, 5.41) is 20.7. The summed E-state index contributed by atoms with van der Waals surface area (Å²) in [4.78, 5) is 23.9. The number of aliphatic carboxylic acids is 1. The first-order valence-corrected chi connectivity index (χ1v) is 9.00. The molecule has 2 aromatic carbocycles. The number of thioether (sulfide) groups is 1. The second-order valence-corrected chi connectivity index (χ2v) is 6.19. The Morgan fingerprint density at radius 2 is 1.81 bits per heavy atom. The molecule has 0 unspecified atom stereocenters. The van der Waals surface area contributed by atoms with Gasteiger partial charge in [-0.15, -0.1) is 11.8 Å². The van der Waals surface area contributed by atoms with Crippen LogP contribution >= 0.6 is 11.8 Å². The van der Waals surface area contributed by atoms with Crippen molar-refractivity contribution in [1.82, 2.24) is 0 Å². The molecule has 1 amide bonds. The van der Waals surface area contributed by atoms with Crippen molar-refractivity contribution in [3.05, 3.63) is 66.2 Å². The van der Waals surface area contributed by atoms with Gasteiger partial charge in [0.1, 0.15) is 11.9 Å². The summed E-state index contributed by atoms with van der Waals surface area (Å²) >= 11 is 1.60. The van der Waals surface area contributed by atoms with Crippen LogP contribution in [0.15, 0.2) is 65.6 Å². The minimum absolute atomic E-state index is 0.0897. The van der Waals surface area contributed by atoms with E-state index in [9.17, 15) is 14.7 Å². The molecule has 0 bridgehead atoms. The summed E-state index contributed by atoms with van der Waals surface area (Å²) in [6.07, 6.45) is 3.23. The van der Waals surface area contributed by atoms with E-state index < -0.39 is 18.2 Å². The van der Waals surface area contributed by atoms with Gasteiger partial charge in [0, 0.05) is 23.1 Å². The number of nitrogens with one attached hydrogen (secondary N) is 1. The highest BCUT2D eigenvalue weighted by Gasteiger charge is 2.16. The van der Waals surface area contributed by atoms with E-state index >= 15 is 0 Å². The molecule has 0 aliphatic carbocycles. The largest absolute Gasteiger partial charge is 0.508 e. The van der Waals surface area contributed by atoms with Gasteiger partial charge in [-0.05, 0) is 48.2 Å². The Bertz CT molecular complexity index is 772. The lowest BCUT2D eigenvalue weighted by atomic mass is 10.1. The highest BCUT2D eigenvalue weighted by molar-refractivity contribution is 7.98. The lowest BCUT2D eigenvalue weighted by Gasteiger charge is -2.17. The molecule has 1 atom stereocenters. The van der Waals surface area contributed by atoms with Crippen molar-refractivity contribution < 1.29 is 24.5 Å². The molecular formula is C19H19NO5S. The maximum Gasteiger partial charge on any atom is 0.412 e. The van der Waals surface area contributed by atoms with Gasteiger partial charge in [0.2, 0.25) is 0 Å². The Morgan fingerprint density at radius 1 is 1.15 bits per heavy atom. The van der Waals surface area contributed by atoms with E-state index in [1.165, 1.54) is 18.2 Å². The fraction of sp³-hybridized carbons (Fsp3) is 0.158. The highest BCUT2D eigenvalue weighted by atomic mass is 32.2. The van der Waals surface area contributed by atoms with E-state index in [0.29, 0.717) is 11.3 Å². The average molecular weight is 373 g/mol. The number of anilines is 1. The molecule has 0 aliphatic rings. The SMILES string of the molecule is CSc1ccc(NC(=O)O[C@@H](C/C=C/C(=O)O)c2ccc(O)cc2)cc1. The number of benzene rings is 2. The van der Waals surface area contributed by atoms with Gasteiger partial charge in [-0.2, -0.15) is 0 Å². The number of amides is 1. The Balaban J connectivity index is 2.07. The quantitative estimate of drug-likeness (QED) is 0.491. The summed E-state index contributed by atoms with van der Waals surface area (Å²) in [5.41, 5.74) is 1.24. The Labute approximate surface area is 155 Å². The molecule has 0 saturated heterocycles. The molecule has 136 valence electrons. The summed E-state index contributed by atoms with van der Waals surface area (Å²) in [6.45, 7) is 0. The molecule has 0 heterocycles. The number of hydrogen-bond donors (Lipinski definition) is 3. The van der Waals surface area contributed by atoms with Crippen LogP contribution in [0.5, 0.6) is 5.75 Å². The van der Waals surface area contributed by atoms with Gasteiger partial charge >= 0.3 is 12.1 Å². The fourth-order valence-corrected chi connectivity index (χ4v) is 2.59. The van der Waals surface area contributed by atoms with Crippen LogP contribution in [0.1, 0.15) is 18.1 Å². The van der Waals surface area contributed by atoms with E-state index in [-0.39, 0.29) is 12.2 Å². The minimum atomic E-state index is -1.08. The predicted molar refractivity (Wildman–Crippen MR) is 101 cm³/mol. The second-order valence-electron chi connectivity index (χ2n) is 5.32. The van der Waals surface area contributed by atoms with Crippen LogP contribution in [0.3, 0.4) is 0 Å². The number of phenols is 1. The topological polar surface area (TPSA) is 95.9 Å². The van der Waals surface area contributed by atoms with Crippen LogP contribution in [-0.2, 0) is 9.53 Å². The van der Waals surface area contributed by atoms with Crippen molar-refractivity contribution in [3.63, 3.8) is 0 Å². The first kappa shape index (κ1) is 19.4. The maximum atomic E-state index is 12.2. The van der Waals surface area contributed by atoms with E-state index in [2.05, 4.69) is 5.32 Å². The van der Waals surface area contributed by atoms with Crippen LogP contribution < -0.4 is 5.32 Å². The van der Waals surface area contributed by atoms with Crippen LogP contribution in [-0.4, -0.2) is 28.5 Å². The molecule has 0 spiro atoms. The molecule has 2 rings (SSSR count). The number of aromatic hydroxyl groups is 1. The van der Waals surface area contributed by atoms with Crippen molar-refractivity contribution in [2.45, 2.75) is 17.4 Å². The van der Waals surface area contributed by atoms with Crippen molar-refractivity contribution in [1.29, 1.82) is 0 Å². The monoisotopic (exact) mass is 373 g/mol. The molecule has 7 heteroatoms. The summed E-state index contributed by atoms with van der Waals surface area (Å²) in [7, 11) is 0. The zero-order valence-electron chi connectivity index (χ0n) is 14.1. The van der Waals surface area contributed by atoms with Gasteiger partial charge in [0.05, 0.1) is 0 Å². The van der Waals surface area contributed by atoms with E-state index in [1.807, 2.05) is 18.4 Å². The Hall–Kier alpha value is -2.93. The number of carboxylic acid groups (broad SMARTS) is 1. The molecule has 0 aliphatic heterocycles. The van der Waals surface area contributed by atoms with Gasteiger partial charge in [-0.25, -0.2) is 9.59 Å². The lowest BCUT2D eigenvalue weighted by Crippen LogP contribution is -2.17. The molecule has 0 saturated carbocycles. The lowest BCUT2D eigenvalue weighted by molar-refractivity contribution is -0.131. The number of hydrogen-bond acceptors (Lipinski definition) is 5. The van der Waals surface area contributed by atoms with Crippen LogP contribution in [0.2, 0.25) is 0 Å². The fourth-order valence-electron chi connectivity index (χ4n) is 2.18. The second kappa shape index (κ2) is 9.53. The molecule has 0 fully saturated rings.